The zero-order valence-corrected chi connectivity index (χ0v) is 34.2. The standard InChI is InChI=1S/C36H32N8O9S3.O3S/c1-23-18-25(12-15-31(23)44-43-28-21-30-29(33(22-28)56(51,52)53)8-5-9-32(30)55(48,49)50)20-35-38-34(39-36(40-35)37-16-17-54(45,46)47)19-24-10-13-27(14-11-24)42-41-26-6-3-2-4-7-26;1-4(2)3/h2-15,18,21-22H,16-17,19-20H2,1H3,(H,45,46,47)(H,48,49,50)(H,51,52,53)(H,37,38,39,40);. The highest BCUT2D eigenvalue weighted by Gasteiger charge is 2.21. The van der Waals surface area contributed by atoms with Crippen molar-refractivity contribution in [3.05, 3.63) is 131 Å². The Bertz CT molecular complexity index is 3060. The molecular weight excluding hydrogens is 865 g/mol. The molecule has 1 aromatic heterocycles. The van der Waals surface area contributed by atoms with Crippen LogP contribution in [0.3, 0.4) is 0 Å². The molecule has 0 aliphatic heterocycles. The molecule has 5 aromatic carbocycles. The van der Waals surface area contributed by atoms with Crippen molar-refractivity contribution in [3.8, 4) is 0 Å². The second kappa shape index (κ2) is 19.2. The molecule has 0 unspecified atom stereocenters. The minimum Gasteiger partial charge on any atom is -0.353 e. The second-order valence-electron chi connectivity index (χ2n) is 12.5. The van der Waals surface area contributed by atoms with Gasteiger partial charge in [0.05, 0.1) is 28.5 Å². The molecule has 0 aliphatic carbocycles. The van der Waals surface area contributed by atoms with E-state index in [1.54, 1.807) is 37.3 Å². The van der Waals surface area contributed by atoms with Gasteiger partial charge in [-0.1, -0.05) is 54.6 Å². The van der Waals surface area contributed by atoms with Crippen LogP contribution in [-0.2, 0) is 53.8 Å². The molecule has 0 atom stereocenters. The molecule has 0 bridgehead atoms. The fourth-order valence-electron chi connectivity index (χ4n) is 5.51. The van der Waals surface area contributed by atoms with Crippen LogP contribution in [0, 0.1) is 6.92 Å². The van der Waals surface area contributed by atoms with Gasteiger partial charge in [0.25, 0.3) is 30.4 Å². The highest BCUT2D eigenvalue weighted by Crippen LogP contribution is 2.34. The molecule has 312 valence electrons. The van der Waals surface area contributed by atoms with Gasteiger partial charge in [-0.15, -0.1) is 12.6 Å². The van der Waals surface area contributed by atoms with Crippen LogP contribution in [-0.4, -0.2) is 78.8 Å². The zero-order chi connectivity index (χ0) is 43.7. The molecule has 0 aliphatic rings. The van der Waals surface area contributed by atoms with Gasteiger partial charge < -0.3 is 5.32 Å². The fraction of sp³-hybridized carbons (Fsp3) is 0.139. The third-order valence-electron chi connectivity index (χ3n) is 8.06. The van der Waals surface area contributed by atoms with Crippen LogP contribution in [0.25, 0.3) is 10.8 Å². The topological polar surface area (TPSA) is 314 Å². The molecule has 1 heterocycles. The van der Waals surface area contributed by atoms with Gasteiger partial charge in [-0.05, 0) is 72.1 Å². The summed E-state index contributed by atoms with van der Waals surface area (Å²) in [5.41, 5.74) is 3.89. The summed E-state index contributed by atoms with van der Waals surface area (Å²) in [5.74, 6) is 0.299. The van der Waals surface area contributed by atoms with Gasteiger partial charge in [0.15, 0.2) is 0 Å². The summed E-state index contributed by atoms with van der Waals surface area (Å²) in [6, 6.07) is 27.7. The SMILES string of the molecule is Cc1cc(Cc2nc(Cc3ccc(N=Nc4ccccc4)cc3)nc(NCCS(=O)(=O)O)n2)ccc1N=Nc1cc(S(=O)(=O)O)c2cccc(S(=O)(=O)O)c2c1.O=S(=O)=O. The monoisotopic (exact) mass is 896 g/mol. The quantitative estimate of drug-likeness (QED) is 0.0705. The molecule has 4 N–H and O–H groups in total. The predicted molar refractivity (Wildman–Crippen MR) is 216 cm³/mol. The van der Waals surface area contributed by atoms with Gasteiger partial charge in [-0.2, -0.15) is 55.7 Å². The van der Waals surface area contributed by atoms with Crippen molar-refractivity contribution in [2.75, 3.05) is 17.6 Å². The van der Waals surface area contributed by atoms with Crippen LogP contribution >= 0.6 is 0 Å². The minimum absolute atomic E-state index is 0.109. The lowest BCUT2D eigenvalue weighted by atomic mass is 10.1. The zero-order valence-electron chi connectivity index (χ0n) is 30.9. The van der Waals surface area contributed by atoms with E-state index < -0.39 is 56.5 Å². The summed E-state index contributed by atoms with van der Waals surface area (Å²) in [6.07, 6.45) is 0.525. The maximum absolute atomic E-state index is 12.2. The fourth-order valence-corrected chi connectivity index (χ4v) is 7.29. The number of fused-ring (bicyclic) bond motifs is 1. The highest BCUT2D eigenvalue weighted by molar-refractivity contribution is 7.86. The van der Waals surface area contributed by atoms with Crippen LogP contribution in [0.1, 0.15) is 28.3 Å². The first kappa shape index (κ1) is 44.8. The summed E-state index contributed by atoms with van der Waals surface area (Å²) in [6.45, 7) is 1.60. The lowest BCUT2D eigenvalue weighted by Gasteiger charge is -2.10. The molecular formula is C36H32N8O12S4. The van der Waals surface area contributed by atoms with Crippen LogP contribution in [0.2, 0.25) is 0 Å². The normalized spacial score (nSPS) is 12.1. The Morgan fingerprint density at radius 3 is 1.73 bits per heavy atom. The maximum atomic E-state index is 12.2. The number of aromatic nitrogens is 3. The molecule has 6 rings (SSSR count). The van der Waals surface area contributed by atoms with Crippen LogP contribution in [0.5, 0.6) is 0 Å². The highest BCUT2D eigenvalue weighted by atomic mass is 32.2. The average Bonchev–Trinajstić information content (AvgIpc) is 3.15. The predicted octanol–water partition coefficient (Wildman–Crippen LogP) is 6.13. The Hall–Kier alpha value is -6.28. The van der Waals surface area contributed by atoms with E-state index in [4.69, 9.17) is 12.6 Å². The van der Waals surface area contributed by atoms with Crippen LogP contribution in [0.4, 0.5) is 28.7 Å². The summed E-state index contributed by atoms with van der Waals surface area (Å²) >= 11 is 0. The number of hydrogen-bond acceptors (Lipinski definition) is 17. The van der Waals surface area contributed by atoms with Crippen LogP contribution in [0.15, 0.2) is 133 Å². The summed E-state index contributed by atoms with van der Waals surface area (Å²) in [4.78, 5) is 12.4. The Morgan fingerprint density at radius 1 is 0.583 bits per heavy atom. The largest absolute Gasteiger partial charge is 0.425 e. The molecule has 0 amide bonds. The van der Waals surface area contributed by atoms with Crippen molar-refractivity contribution in [2.24, 2.45) is 20.5 Å². The van der Waals surface area contributed by atoms with Gasteiger partial charge in [0.2, 0.25) is 5.95 Å². The molecule has 6 aromatic rings. The molecule has 0 saturated heterocycles. The Labute approximate surface area is 344 Å². The second-order valence-corrected chi connectivity index (χ2v) is 17.3. The van der Waals surface area contributed by atoms with E-state index in [0.717, 1.165) is 28.9 Å². The molecule has 24 heteroatoms. The van der Waals surface area contributed by atoms with Gasteiger partial charge in [0.1, 0.15) is 21.4 Å². The molecule has 0 fully saturated rings. The van der Waals surface area contributed by atoms with E-state index in [1.165, 1.54) is 18.2 Å². The van der Waals surface area contributed by atoms with Crippen molar-refractivity contribution in [3.63, 3.8) is 0 Å². The number of azo groups is 2. The van der Waals surface area contributed by atoms with E-state index in [9.17, 15) is 38.9 Å². The third kappa shape index (κ3) is 13.4. The van der Waals surface area contributed by atoms with Gasteiger partial charge >= 0.3 is 10.6 Å². The van der Waals surface area contributed by atoms with Crippen molar-refractivity contribution in [1.82, 2.24) is 15.0 Å². The number of rotatable bonds is 14. The first-order chi connectivity index (χ1) is 28.2. The Balaban J connectivity index is 0.00000163. The minimum atomic E-state index is -4.83. The lowest BCUT2D eigenvalue weighted by Crippen LogP contribution is -2.17. The number of anilines is 1. The number of aryl methyl sites for hydroxylation is 1. The number of nitrogens with one attached hydrogen (secondary N) is 1. The first-order valence-electron chi connectivity index (χ1n) is 17.0. The number of benzene rings is 5. The van der Waals surface area contributed by atoms with Crippen molar-refractivity contribution in [1.29, 1.82) is 0 Å². The smallest absolute Gasteiger partial charge is 0.353 e. The first-order valence-corrected chi connectivity index (χ1v) is 22.5. The summed E-state index contributed by atoms with van der Waals surface area (Å²) < 4.78 is 125. The average molecular weight is 897 g/mol. The van der Waals surface area contributed by atoms with Gasteiger partial charge in [0, 0.05) is 30.2 Å². The number of nitrogens with zero attached hydrogens (tertiary/aromatic N) is 7. The van der Waals surface area contributed by atoms with Crippen molar-refractivity contribution >= 4 is 80.4 Å². The Kier molecular flexibility index (Phi) is 14.3. The van der Waals surface area contributed by atoms with Gasteiger partial charge in [-0.3, -0.25) is 13.7 Å². The molecule has 0 saturated carbocycles. The summed E-state index contributed by atoms with van der Waals surface area (Å²) in [7, 11) is -16.9. The molecule has 0 spiro atoms. The van der Waals surface area contributed by atoms with E-state index in [-0.39, 0.29) is 35.4 Å². The molecule has 20 nitrogen and oxygen atoms in total. The van der Waals surface area contributed by atoms with Crippen LogP contribution < -0.4 is 5.32 Å². The lowest BCUT2D eigenvalue weighted by molar-refractivity contribution is 0.481. The van der Waals surface area contributed by atoms with Crippen molar-refractivity contribution < 1.29 is 51.5 Å². The number of hydrogen-bond donors (Lipinski definition) is 4. The third-order valence-corrected chi connectivity index (χ3v) is 10.6. The summed E-state index contributed by atoms with van der Waals surface area (Å²) in [5, 5.41) is 19.3. The van der Waals surface area contributed by atoms with Gasteiger partial charge in [-0.25, -0.2) is 4.98 Å². The van der Waals surface area contributed by atoms with E-state index in [2.05, 4.69) is 40.7 Å². The molecule has 0 radical (unpaired) electrons. The van der Waals surface area contributed by atoms with E-state index >= 15 is 0 Å². The van der Waals surface area contributed by atoms with E-state index in [1.807, 2.05) is 42.5 Å². The van der Waals surface area contributed by atoms with E-state index in [0.29, 0.717) is 35.0 Å². The maximum Gasteiger partial charge on any atom is 0.425 e. The Morgan fingerprint density at radius 2 is 1.15 bits per heavy atom. The molecule has 60 heavy (non-hydrogen) atoms. The van der Waals surface area contributed by atoms with Crippen molar-refractivity contribution in [2.45, 2.75) is 29.6 Å².